The van der Waals surface area contributed by atoms with Crippen molar-refractivity contribution in [2.24, 2.45) is 0 Å². The lowest BCUT2D eigenvalue weighted by Gasteiger charge is -2.20. The Labute approximate surface area is 138 Å². The third-order valence-corrected chi connectivity index (χ3v) is 2.76. The summed E-state index contributed by atoms with van der Waals surface area (Å²) in [5, 5.41) is 5.45. The molecule has 0 aliphatic carbocycles. The number of carbonyl (C=O) groups excluding carboxylic acids is 2. The molecule has 0 atom stereocenters. The molecular formula is C18H26N2O3. The molecule has 126 valence electrons. The lowest BCUT2D eigenvalue weighted by atomic mass is 10.2. The van der Waals surface area contributed by atoms with Gasteiger partial charge in [0.15, 0.2) is 0 Å². The minimum Gasteiger partial charge on any atom is -0.444 e. The van der Waals surface area contributed by atoms with Gasteiger partial charge in [0.1, 0.15) is 5.60 Å². The first kappa shape index (κ1) is 18.7. The maximum absolute atomic E-state index is 11.9. The molecule has 0 unspecified atom stereocenters. The van der Waals surface area contributed by atoms with Crippen LogP contribution in [0.5, 0.6) is 0 Å². The molecule has 0 bridgehead atoms. The van der Waals surface area contributed by atoms with Crippen molar-refractivity contribution < 1.29 is 14.3 Å². The number of hydrogen-bond donors (Lipinski definition) is 2. The number of benzene rings is 1. The van der Waals surface area contributed by atoms with Crippen molar-refractivity contribution in [1.82, 2.24) is 0 Å². The van der Waals surface area contributed by atoms with Gasteiger partial charge in [0.05, 0.1) is 11.4 Å². The molecule has 5 heteroatoms. The molecule has 0 heterocycles. The first-order valence-corrected chi connectivity index (χ1v) is 7.85. The highest BCUT2D eigenvalue weighted by molar-refractivity contribution is 5.98. The number of amides is 2. The SMILES string of the molecule is CCC/C=C/CC(=O)Nc1ccccc1NC(=O)OC(C)(C)C. The molecule has 0 radical (unpaired) electrons. The predicted octanol–water partition coefficient (Wildman–Crippen LogP) is 4.72. The summed E-state index contributed by atoms with van der Waals surface area (Å²) in [7, 11) is 0. The monoisotopic (exact) mass is 318 g/mol. The van der Waals surface area contributed by atoms with E-state index in [1.807, 2.05) is 12.2 Å². The van der Waals surface area contributed by atoms with Crippen LogP contribution >= 0.6 is 0 Å². The molecule has 5 nitrogen and oxygen atoms in total. The highest BCUT2D eigenvalue weighted by atomic mass is 16.6. The topological polar surface area (TPSA) is 67.4 Å². The Morgan fingerprint density at radius 2 is 1.70 bits per heavy atom. The van der Waals surface area contributed by atoms with Gasteiger partial charge in [0, 0.05) is 6.42 Å². The minimum absolute atomic E-state index is 0.129. The Kier molecular flexibility index (Phi) is 7.32. The molecule has 2 N–H and O–H groups in total. The Morgan fingerprint density at radius 1 is 1.09 bits per heavy atom. The zero-order valence-corrected chi connectivity index (χ0v) is 14.3. The van der Waals surface area contributed by atoms with Gasteiger partial charge in [-0.25, -0.2) is 4.79 Å². The van der Waals surface area contributed by atoms with Crippen LogP contribution in [0.2, 0.25) is 0 Å². The van der Waals surface area contributed by atoms with Crippen molar-refractivity contribution >= 4 is 23.4 Å². The van der Waals surface area contributed by atoms with E-state index in [0.717, 1.165) is 12.8 Å². The second kappa shape index (κ2) is 8.98. The molecular weight excluding hydrogens is 292 g/mol. The summed E-state index contributed by atoms with van der Waals surface area (Å²) in [5.74, 6) is -0.129. The number of para-hydroxylation sites is 2. The summed E-state index contributed by atoms with van der Waals surface area (Å²) in [5.41, 5.74) is 0.478. The van der Waals surface area contributed by atoms with Crippen LogP contribution in [0.4, 0.5) is 16.2 Å². The zero-order chi connectivity index (χ0) is 17.3. The van der Waals surface area contributed by atoms with E-state index in [0.29, 0.717) is 17.8 Å². The number of unbranched alkanes of at least 4 members (excludes halogenated alkanes) is 1. The summed E-state index contributed by atoms with van der Waals surface area (Å²) in [6.45, 7) is 7.47. The van der Waals surface area contributed by atoms with Crippen LogP contribution in [0.15, 0.2) is 36.4 Å². The number of carbonyl (C=O) groups is 2. The quantitative estimate of drug-likeness (QED) is 0.746. The number of allylic oxidation sites excluding steroid dienone is 1. The van der Waals surface area contributed by atoms with Crippen LogP contribution in [-0.2, 0) is 9.53 Å². The molecule has 0 aromatic heterocycles. The average molecular weight is 318 g/mol. The van der Waals surface area contributed by atoms with Crippen molar-refractivity contribution in [3.63, 3.8) is 0 Å². The second-order valence-corrected chi connectivity index (χ2v) is 6.18. The van der Waals surface area contributed by atoms with Crippen molar-refractivity contribution in [2.45, 2.75) is 52.6 Å². The molecule has 1 aromatic carbocycles. The van der Waals surface area contributed by atoms with Gasteiger partial charge in [0.2, 0.25) is 5.91 Å². The largest absolute Gasteiger partial charge is 0.444 e. The predicted molar refractivity (Wildman–Crippen MR) is 93.6 cm³/mol. The number of ether oxygens (including phenoxy) is 1. The summed E-state index contributed by atoms with van der Waals surface area (Å²) >= 11 is 0. The Morgan fingerprint density at radius 3 is 2.26 bits per heavy atom. The van der Waals surface area contributed by atoms with Gasteiger partial charge >= 0.3 is 6.09 Å². The molecule has 0 saturated carbocycles. The first-order valence-electron chi connectivity index (χ1n) is 7.85. The fourth-order valence-corrected chi connectivity index (χ4v) is 1.79. The molecule has 1 aromatic rings. The van der Waals surface area contributed by atoms with Crippen LogP contribution < -0.4 is 10.6 Å². The van der Waals surface area contributed by atoms with E-state index in [2.05, 4.69) is 17.6 Å². The van der Waals surface area contributed by atoms with Gasteiger partial charge in [-0.05, 0) is 39.3 Å². The molecule has 0 saturated heterocycles. The van der Waals surface area contributed by atoms with Gasteiger partial charge in [-0.1, -0.05) is 37.6 Å². The normalized spacial score (nSPS) is 11.3. The fraction of sp³-hybridized carbons (Fsp3) is 0.444. The smallest absolute Gasteiger partial charge is 0.412 e. The van der Waals surface area contributed by atoms with Gasteiger partial charge in [-0.3, -0.25) is 10.1 Å². The number of nitrogens with one attached hydrogen (secondary N) is 2. The molecule has 0 aliphatic rings. The van der Waals surface area contributed by atoms with Crippen molar-refractivity contribution in [1.29, 1.82) is 0 Å². The van der Waals surface area contributed by atoms with Gasteiger partial charge in [0.25, 0.3) is 0 Å². The van der Waals surface area contributed by atoms with Gasteiger partial charge in [-0.2, -0.15) is 0 Å². The van der Waals surface area contributed by atoms with E-state index >= 15 is 0 Å². The molecule has 0 spiro atoms. The maximum Gasteiger partial charge on any atom is 0.412 e. The van der Waals surface area contributed by atoms with E-state index in [4.69, 9.17) is 4.74 Å². The third kappa shape index (κ3) is 8.04. The van der Waals surface area contributed by atoms with E-state index in [-0.39, 0.29) is 5.91 Å². The molecule has 0 fully saturated rings. The first-order chi connectivity index (χ1) is 10.8. The Hall–Kier alpha value is -2.30. The minimum atomic E-state index is -0.577. The lowest BCUT2D eigenvalue weighted by Crippen LogP contribution is -2.27. The Balaban J connectivity index is 2.66. The van der Waals surface area contributed by atoms with Crippen molar-refractivity contribution in [3.8, 4) is 0 Å². The van der Waals surface area contributed by atoms with E-state index in [1.54, 1.807) is 45.0 Å². The maximum atomic E-state index is 11.9. The molecule has 2 amide bonds. The van der Waals surface area contributed by atoms with Crippen LogP contribution in [0.1, 0.15) is 47.0 Å². The lowest BCUT2D eigenvalue weighted by molar-refractivity contribution is -0.115. The van der Waals surface area contributed by atoms with E-state index < -0.39 is 11.7 Å². The van der Waals surface area contributed by atoms with Gasteiger partial charge in [-0.15, -0.1) is 0 Å². The van der Waals surface area contributed by atoms with Gasteiger partial charge < -0.3 is 10.1 Å². The summed E-state index contributed by atoms with van der Waals surface area (Å²) in [4.78, 5) is 23.8. The second-order valence-electron chi connectivity index (χ2n) is 6.18. The fourth-order valence-electron chi connectivity index (χ4n) is 1.79. The number of hydrogen-bond acceptors (Lipinski definition) is 3. The third-order valence-electron chi connectivity index (χ3n) is 2.76. The van der Waals surface area contributed by atoms with Crippen LogP contribution in [0.25, 0.3) is 0 Å². The zero-order valence-electron chi connectivity index (χ0n) is 14.3. The summed E-state index contributed by atoms with van der Waals surface area (Å²) in [6.07, 6.45) is 5.61. The molecule has 23 heavy (non-hydrogen) atoms. The highest BCUT2D eigenvalue weighted by Gasteiger charge is 2.17. The standard InChI is InChI=1S/C18H26N2O3/c1-5-6-7-8-13-16(21)19-14-11-9-10-12-15(14)20-17(22)23-18(2,3)4/h7-12H,5-6,13H2,1-4H3,(H,19,21)(H,20,22)/b8-7+. The average Bonchev–Trinajstić information content (AvgIpc) is 2.44. The molecule has 0 aliphatic heterocycles. The van der Waals surface area contributed by atoms with Crippen molar-refractivity contribution in [2.75, 3.05) is 10.6 Å². The highest BCUT2D eigenvalue weighted by Crippen LogP contribution is 2.22. The summed E-state index contributed by atoms with van der Waals surface area (Å²) in [6, 6.07) is 7.03. The number of rotatable bonds is 6. The molecule has 1 rings (SSSR count). The summed E-state index contributed by atoms with van der Waals surface area (Å²) < 4.78 is 5.22. The van der Waals surface area contributed by atoms with Crippen molar-refractivity contribution in [3.05, 3.63) is 36.4 Å². The van der Waals surface area contributed by atoms with E-state index in [9.17, 15) is 9.59 Å². The Bertz CT molecular complexity index is 560. The van der Waals surface area contributed by atoms with Crippen LogP contribution in [0.3, 0.4) is 0 Å². The van der Waals surface area contributed by atoms with Crippen LogP contribution in [0, 0.1) is 0 Å². The number of anilines is 2. The van der Waals surface area contributed by atoms with E-state index in [1.165, 1.54) is 0 Å². The van der Waals surface area contributed by atoms with Crippen LogP contribution in [-0.4, -0.2) is 17.6 Å².